The number of hydrogen-bond acceptors (Lipinski definition) is 3. The van der Waals surface area contributed by atoms with E-state index in [0.29, 0.717) is 13.2 Å². The third kappa shape index (κ3) is 3.63. The Hall–Kier alpha value is -0.260. The van der Waals surface area contributed by atoms with E-state index in [2.05, 4.69) is 6.92 Å². The van der Waals surface area contributed by atoms with Gasteiger partial charge in [-0.15, -0.1) is 0 Å². The van der Waals surface area contributed by atoms with Crippen molar-refractivity contribution in [3.05, 3.63) is 0 Å². The summed E-state index contributed by atoms with van der Waals surface area (Å²) in [6, 6.07) is 0. The minimum Gasteiger partial charge on any atom is -0.375 e. The average Bonchev–Trinajstić information content (AvgIpc) is 2.96. The number of ether oxygens (including phenoxy) is 3. The molecule has 3 nitrogen and oxygen atoms in total. The second kappa shape index (κ2) is 8.41. The Kier molecular flexibility index (Phi) is 6.50. The van der Waals surface area contributed by atoms with Gasteiger partial charge < -0.3 is 14.2 Å². The maximum absolute atomic E-state index is 14.9. The summed E-state index contributed by atoms with van der Waals surface area (Å²) in [5.74, 6) is 0.280. The lowest BCUT2D eigenvalue weighted by Crippen LogP contribution is -2.45. The van der Waals surface area contributed by atoms with Crippen molar-refractivity contribution in [2.45, 2.75) is 95.6 Å². The van der Waals surface area contributed by atoms with Crippen molar-refractivity contribution in [1.82, 2.24) is 0 Å². The molecule has 3 fully saturated rings. The third-order valence-electron chi connectivity index (χ3n) is 6.08. The molecule has 1 heterocycles. The molecule has 0 radical (unpaired) electrons. The van der Waals surface area contributed by atoms with Crippen LogP contribution in [-0.4, -0.2) is 50.0 Å². The molecule has 8 unspecified atom stereocenters. The van der Waals surface area contributed by atoms with Crippen molar-refractivity contribution in [2.24, 2.45) is 11.8 Å². The largest absolute Gasteiger partial charge is 0.375 e. The lowest BCUT2D eigenvalue weighted by molar-refractivity contribution is -0.132. The van der Waals surface area contributed by atoms with Crippen LogP contribution in [-0.2, 0) is 14.2 Å². The van der Waals surface area contributed by atoms with E-state index < -0.39 is 30.7 Å². The van der Waals surface area contributed by atoms with Crippen LogP contribution in [0.2, 0.25) is 0 Å². The van der Waals surface area contributed by atoms with E-state index in [9.17, 15) is 8.78 Å². The van der Waals surface area contributed by atoms with Crippen molar-refractivity contribution >= 4 is 0 Å². The predicted molar refractivity (Wildman–Crippen MR) is 88.6 cm³/mol. The summed E-state index contributed by atoms with van der Waals surface area (Å²) >= 11 is 0. The Balaban J connectivity index is 1.58. The maximum Gasteiger partial charge on any atom is 0.152 e. The zero-order chi connectivity index (χ0) is 17.1. The van der Waals surface area contributed by atoms with Crippen molar-refractivity contribution in [1.29, 1.82) is 0 Å². The van der Waals surface area contributed by atoms with Crippen molar-refractivity contribution in [3.8, 4) is 0 Å². The van der Waals surface area contributed by atoms with E-state index in [-0.39, 0.29) is 17.9 Å². The molecule has 140 valence electrons. The first-order valence-corrected chi connectivity index (χ1v) is 9.84. The molecule has 2 saturated carbocycles. The molecular formula is C19H32F2O3. The normalized spacial score (nSPS) is 45.0. The summed E-state index contributed by atoms with van der Waals surface area (Å²) in [5.41, 5.74) is 0. The van der Waals surface area contributed by atoms with Gasteiger partial charge in [0.15, 0.2) is 12.3 Å². The number of halogens is 2. The second-order valence-corrected chi connectivity index (χ2v) is 7.55. The Morgan fingerprint density at radius 3 is 1.96 bits per heavy atom. The molecule has 3 rings (SSSR count). The number of rotatable bonds is 7. The highest BCUT2D eigenvalue weighted by molar-refractivity contribution is 5.04. The molecule has 2 aliphatic carbocycles. The SMILES string of the molecule is CCCCCOC1CCC2C3CCC(OCC)C(F)C3OC2C1F. The Labute approximate surface area is 144 Å². The monoisotopic (exact) mass is 346 g/mol. The van der Waals surface area contributed by atoms with Gasteiger partial charge in [0.25, 0.3) is 0 Å². The first-order chi connectivity index (χ1) is 11.7. The third-order valence-corrected chi connectivity index (χ3v) is 6.08. The van der Waals surface area contributed by atoms with Gasteiger partial charge in [-0.3, -0.25) is 0 Å². The van der Waals surface area contributed by atoms with Gasteiger partial charge in [0.1, 0.15) is 0 Å². The van der Waals surface area contributed by atoms with Crippen molar-refractivity contribution < 1.29 is 23.0 Å². The van der Waals surface area contributed by atoms with Gasteiger partial charge in [0.05, 0.1) is 24.4 Å². The van der Waals surface area contributed by atoms with Crippen LogP contribution in [0.25, 0.3) is 0 Å². The molecule has 0 aromatic carbocycles. The molecule has 0 aromatic heterocycles. The zero-order valence-corrected chi connectivity index (χ0v) is 15.0. The molecule has 0 amide bonds. The predicted octanol–water partition coefficient (Wildman–Crippen LogP) is 4.23. The fourth-order valence-electron chi connectivity index (χ4n) is 4.86. The molecule has 0 aromatic rings. The zero-order valence-electron chi connectivity index (χ0n) is 15.0. The second-order valence-electron chi connectivity index (χ2n) is 7.55. The minimum atomic E-state index is -1.13. The Bertz CT molecular complexity index is 395. The topological polar surface area (TPSA) is 27.7 Å². The fraction of sp³-hybridized carbons (Fsp3) is 1.00. The van der Waals surface area contributed by atoms with Gasteiger partial charge >= 0.3 is 0 Å². The smallest absolute Gasteiger partial charge is 0.152 e. The van der Waals surface area contributed by atoms with Crippen molar-refractivity contribution in [3.63, 3.8) is 0 Å². The summed E-state index contributed by atoms with van der Waals surface area (Å²) in [6.07, 6.45) is 2.39. The maximum atomic E-state index is 14.9. The molecule has 8 atom stereocenters. The van der Waals surface area contributed by atoms with E-state index in [4.69, 9.17) is 14.2 Å². The first kappa shape index (κ1) is 18.5. The molecule has 0 N–H and O–H groups in total. The van der Waals surface area contributed by atoms with Gasteiger partial charge in [0.2, 0.25) is 0 Å². The van der Waals surface area contributed by atoms with Crippen LogP contribution in [0, 0.1) is 11.8 Å². The summed E-state index contributed by atoms with van der Waals surface area (Å²) in [7, 11) is 0. The van der Waals surface area contributed by atoms with Gasteiger partial charge in [-0.1, -0.05) is 19.8 Å². The molecule has 0 spiro atoms. The summed E-state index contributed by atoms with van der Waals surface area (Å²) in [6.45, 7) is 5.14. The number of hydrogen-bond donors (Lipinski definition) is 0. The first-order valence-electron chi connectivity index (χ1n) is 9.84. The average molecular weight is 346 g/mol. The van der Waals surface area contributed by atoms with Crippen LogP contribution in [0.4, 0.5) is 8.78 Å². The van der Waals surface area contributed by atoms with Gasteiger partial charge in [-0.25, -0.2) is 8.78 Å². The highest BCUT2D eigenvalue weighted by Gasteiger charge is 2.57. The summed E-state index contributed by atoms with van der Waals surface area (Å²) in [5, 5.41) is 0. The van der Waals surface area contributed by atoms with E-state index in [1.165, 1.54) is 0 Å². The standard InChI is InChI=1S/C19H32F2O3/c1-3-5-6-11-23-15-10-8-13-12-7-9-14(22-4-2)16(20)18(12)24-19(13)17(15)21/h12-19H,3-11H2,1-2H3. The quantitative estimate of drug-likeness (QED) is 0.646. The highest BCUT2D eigenvalue weighted by Crippen LogP contribution is 2.49. The van der Waals surface area contributed by atoms with E-state index in [0.717, 1.165) is 44.9 Å². The lowest BCUT2D eigenvalue weighted by atomic mass is 9.71. The fourth-order valence-corrected chi connectivity index (χ4v) is 4.86. The summed E-state index contributed by atoms with van der Waals surface area (Å²) in [4.78, 5) is 0. The van der Waals surface area contributed by atoms with Crippen LogP contribution in [0.15, 0.2) is 0 Å². The highest BCUT2D eigenvalue weighted by atomic mass is 19.1. The van der Waals surface area contributed by atoms with Gasteiger partial charge in [-0.2, -0.15) is 0 Å². The Morgan fingerprint density at radius 1 is 0.833 bits per heavy atom. The van der Waals surface area contributed by atoms with Gasteiger partial charge in [0, 0.05) is 13.2 Å². The lowest BCUT2D eigenvalue weighted by Gasteiger charge is -2.37. The van der Waals surface area contributed by atoms with E-state index in [1.54, 1.807) is 0 Å². The minimum absolute atomic E-state index is 0.140. The molecule has 0 bridgehead atoms. The van der Waals surface area contributed by atoms with Crippen LogP contribution >= 0.6 is 0 Å². The van der Waals surface area contributed by atoms with Crippen LogP contribution in [0.5, 0.6) is 0 Å². The molecule has 3 aliphatic rings. The van der Waals surface area contributed by atoms with E-state index in [1.807, 2.05) is 6.92 Å². The van der Waals surface area contributed by atoms with Crippen LogP contribution in [0.1, 0.15) is 58.8 Å². The molecule has 24 heavy (non-hydrogen) atoms. The number of fused-ring (bicyclic) bond motifs is 3. The van der Waals surface area contributed by atoms with Crippen LogP contribution in [0.3, 0.4) is 0 Å². The van der Waals surface area contributed by atoms with Crippen molar-refractivity contribution in [2.75, 3.05) is 13.2 Å². The van der Waals surface area contributed by atoms with Gasteiger partial charge in [-0.05, 0) is 50.9 Å². The number of alkyl halides is 2. The molecule has 1 saturated heterocycles. The van der Waals surface area contributed by atoms with Crippen LogP contribution < -0.4 is 0 Å². The van der Waals surface area contributed by atoms with E-state index >= 15 is 0 Å². The molecule has 5 heteroatoms. The Morgan fingerprint density at radius 2 is 1.42 bits per heavy atom. The number of unbranched alkanes of at least 4 members (excludes halogenated alkanes) is 2. The summed E-state index contributed by atoms with van der Waals surface area (Å²) < 4.78 is 46.9. The molecule has 1 aliphatic heterocycles. The molecular weight excluding hydrogens is 314 g/mol.